The summed E-state index contributed by atoms with van der Waals surface area (Å²) >= 11 is 0. The smallest absolute Gasteiger partial charge is 0.102 e. The van der Waals surface area contributed by atoms with E-state index in [1.807, 2.05) is 32.9 Å². The quantitative estimate of drug-likeness (QED) is 0.876. The number of hydrogen-bond acceptors (Lipinski definition) is 3. The van der Waals surface area contributed by atoms with Gasteiger partial charge in [0.15, 0.2) is 0 Å². The lowest BCUT2D eigenvalue weighted by molar-refractivity contribution is -0.0884. The molecule has 2 atom stereocenters. The first kappa shape index (κ1) is 13.5. The molecule has 2 rings (SSSR count). The Balaban J connectivity index is 2.23. The molecule has 1 aliphatic rings. The molecule has 18 heavy (non-hydrogen) atoms. The molecular formula is C15H23NO2. The van der Waals surface area contributed by atoms with Crippen LogP contribution in [-0.4, -0.2) is 21.3 Å². The number of aryl methyl sites for hydroxylation is 1. The summed E-state index contributed by atoms with van der Waals surface area (Å²) < 4.78 is 6.03. The number of aromatic nitrogens is 1. The van der Waals surface area contributed by atoms with Crippen LogP contribution >= 0.6 is 0 Å². The van der Waals surface area contributed by atoms with E-state index in [1.54, 1.807) is 6.20 Å². The van der Waals surface area contributed by atoms with Gasteiger partial charge in [0.05, 0.1) is 16.9 Å². The molecule has 2 unspecified atom stereocenters. The Kier molecular flexibility index (Phi) is 3.24. The van der Waals surface area contributed by atoms with Crippen LogP contribution in [0, 0.1) is 12.8 Å². The van der Waals surface area contributed by atoms with Gasteiger partial charge in [-0.2, -0.15) is 0 Å². The summed E-state index contributed by atoms with van der Waals surface area (Å²) in [7, 11) is 0. The number of ether oxygens (including phenoxy) is 1. The summed E-state index contributed by atoms with van der Waals surface area (Å²) in [4.78, 5) is 4.33. The number of pyridine rings is 1. The Morgan fingerprint density at radius 1 is 1.33 bits per heavy atom. The minimum Gasteiger partial charge on any atom is -0.386 e. The zero-order chi connectivity index (χ0) is 13.6. The highest BCUT2D eigenvalue weighted by Crippen LogP contribution is 2.47. The van der Waals surface area contributed by atoms with Crippen molar-refractivity contribution >= 4 is 0 Å². The summed E-state index contributed by atoms with van der Waals surface area (Å²) in [5.74, 6) is 0.0720. The number of hydrogen-bond donors (Lipinski definition) is 1. The van der Waals surface area contributed by atoms with Gasteiger partial charge in [0.1, 0.15) is 6.10 Å². The van der Waals surface area contributed by atoms with E-state index in [0.29, 0.717) is 0 Å². The van der Waals surface area contributed by atoms with E-state index in [4.69, 9.17) is 4.74 Å². The Hall–Kier alpha value is -0.930. The van der Waals surface area contributed by atoms with Crippen LogP contribution in [0.4, 0.5) is 0 Å². The average molecular weight is 249 g/mol. The molecule has 1 aromatic heterocycles. The highest BCUT2D eigenvalue weighted by atomic mass is 16.5. The van der Waals surface area contributed by atoms with Crippen LogP contribution in [0.1, 0.15) is 51.5 Å². The second-order valence-corrected chi connectivity index (χ2v) is 6.48. The molecule has 0 aliphatic carbocycles. The molecule has 0 aromatic carbocycles. The highest BCUT2D eigenvalue weighted by Gasteiger charge is 2.49. The van der Waals surface area contributed by atoms with Crippen LogP contribution in [0.2, 0.25) is 0 Å². The Bertz CT molecular complexity index is 423. The molecule has 3 heteroatoms. The van der Waals surface area contributed by atoms with Crippen LogP contribution < -0.4 is 0 Å². The minimum absolute atomic E-state index is 0.0720. The van der Waals surface area contributed by atoms with Crippen molar-refractivity contribution in [3.8, 4) is 0 Å². The topological polar surface area (TPSA) is 42.4 Å². The van der Waals surface area contributed by atoms with Crippen LogP contribution in [0.5, 0.6) is 0 Å². The molecule has 0 saturated carbocycles. The zero-order valence-electron chi connectivity index (χ0n) is 11.9. The predicted molar refractivity (Wildman–Crippen MR) is 71.3 cm³/mol. The van der Waals surface area contributed by atoms with Crippen molar-refractivity contribution in [3.63, 3.8) is 0 Å². The lowest BCUT2D eigenvalue weighted by Gasteiger charge is -2.30. The van der Waals surface area contributed by atoms with Crippen molar-refractivity contribution in [1.29, 1.82) is 0 Å². The Labute approximate surface area is 109 Å². The second kappa shape index (κ2) is 4.32. The Morgan fingerprint density at radius 3 is 2.44 bits per heavy atom. The third-order valence-corrected chi connectivity index (χ3v) is 3.76. The van der Waals surface area contributed by atoms with Crippen LogP contribution in [0.15, 0.2) is 18.3 Å². The highest BCUT2D eigenvalue weighted by molar-refractivity contribution is 5.16. The lowest BCUT2D eigenvalue weighted by Crippen LogP contribution is -2.32. The normalized spacial score (nSPS) is 27.1. The number of aliphatic hydroxyl groups excluding tert-OH is 1. The fourth-order valence-corrected chi connectivity index (χ4v) is 2.96. The van der Waals surface area contributed by atoms with E-state index >= 15 is 0 Å². The van der Waals surface area contributed by atoms with E-state index in [2.05, 4.69) is 18.8 Å². The molecule has 0 radical (unpaired) electrons. The summed E-state index contributed by atoms with van der Waals surface area (Å²) in [6.45, 7) is 10.2. The second-order valence-electron chi connectivity index (χ2n) is 6.48. The first-order valence-electron chi connectivity index (χ1n) is 6.52. The van der Waals surface area contributed by atoms with Crippen molar-refractivity contribution in [2.75, 3.05) is 0 Å². The predicted octanol–water partition coefficient (Wildman–Crippen LogP) is 3.02. The molecule has 1 aromatic rings. The van der Waals surface area contributed by atoms with Gasteiger partial charge in [0.25, 0.3) is 0 Å². The summed E-state index contributed by atoms with van der Waals surface area (Å²) in [6.07, 6.45) is 2.07. The van der Waals surface area contributed by atoms with Crippen molar-refractivity contribution < 1.29 is 9.84 Å². The maximum Gasteiger partial charge on any atom is 0.102 e. The molecular weight excluding hydrogens is 226 g/mol. The van der Waals surface area contributed by atoms with E-state index in [9.17, 15) is 5.11 Å². The number of nitrogens with zero attached hydrogens (tertiary/aromatic N) is 1. The third kappa shape index (κ3) is 2.57. The third-order valence-electron chi connectivity index (χ3n) is 3.76. The fourth-order valence-electron chi connectivity index (χ4n) is 2.96. The van der Waals surface area contributed by atoms with Gasteiger partial charge in [-0.1, -0.05) is 6.07 Å². The SMILES string of the molecule is Cc1ccc(C(O)C2CC(C)(C)OC2(C)C)nc1. The van der Waals surface area contributed by atoms with Gasteiger partial charge in [-0.15, -0.1) is 0 Å². The minimum atomic E-state index is -0.567. The maximum atomic E-state index is 10.5. The molecule has 1 saturated heterocycles. The van der Waals surface area contributed by atoms with E-state index in [-0.39, 0.29) is 17.1 Å². The molecule has 100 valence electrons. The van der Waals surface area contributed by atoms with Gasteiger partial charge in [-0.25, -0.2) is 0 Å². The van der Waals surface area contributed by atoms with Crippen molar-refractivity contribution in [2.24, 2.45) is 5.92 Å². The van der Waals surface area contributed by atoms with Crippen LogP contribution in [0.25, 0.3) is 0 Å². The van der Waals surface area contributed by atoms with Gasteiger partial charge in [0, 0.05) is 12.1 Å². The summed E-state index contributed by atoms with van der Waals surface area (Å²) in [6, 6.07) is 3.89. The van der Waals surface area contributed by atoms with Crippen molar-refractivity contribution in [1.82, 2.24) is 4.98 Å². The monoisotopic (exact) mass is 249 g/mol. The van der Waals surface area contributed by atoms with E-state index < -0.39 is 6.10 Å². The van der Waals surface area contributed by atoms with Gasteiger partial charge in [-0.05, 0) is 52.7 Å². The summed E-state index contributed by atoms with van der Waals surface area (Å²) in [5.41, 5.74) is 1.34. The van der Waals surface area contributed by atoms with Gasteiger partial charge in [-0.3, -0.25) is 4.98 Å². The van der Waals surface area contributed by atoms with E-state index in [0.717, 1.165) is 17.7 Å². The molecule has 3 nitrogen and oxygen atoms in total. The lowest BCUT2D eigenvalue weighted by atomic mass is 9.82. The fraction of sp³-hybridized carbons (Fsp3) is 0.667. The molecule has 0 bridgehead atoms. The first-order chi connectivity index (χ1) is 8.21. The molecule has 1 fully saturated rings. The molecule has 1 aliphatic heterocycles. The van der Waals surface area contributed by atoms with Crippen molar-refractivity contribution in [3.05, 3.63) is 29.6 Å². The van der Waals surface area contributed by atoms with Gasteiger partial charge >= 0.3 is 0 Å². The molecule has 0 amide bonds. The maximum absolute atomic E-state index is 10.5. The number of rotatable bonds is 2. The molecule has 0 spiro atoms. The van der Waals surface area contributed by atoms with Crippen molar-refractivity contribution in [2.45, 2.75) is 58.3 Å². The van der Waals surface area contributed by atoms with Gasteiger partial charge in [0.2, 0.25) is 0 Å². The average Bonchev–Trinajstić information content (AvgIpc) is 2.47. The molecule has 2 heterocycles. The largest absolute Gasteiger partial charge is 0.386 e. The van der Waals surface area contributed by atoms with Crippen LogP contribution in [0.3, 0.4) is 0 Å². The van der Waals surface area contributed by atoms with Crippen LogP contribution in [-0.2, 0) is 4.74 Å². The standard InChI is InChI=1S/C15H23NO2/c1-10-6-7-12(16-9-10)13(17)11-8-14(2,3)18-15(11,4)5/h6-7,9,11,13,17H,8H2,1-5H3. The summed E-state index contributed by atoms with van der Waals surface area (Å²) in [5, 5.41) is 10.5. The van der Waals surface area contributed by atoms with Gasteiger partial charge < -0.3 is 9.84 Å². The number of aliphatic hydroxyl groups is 1. The first-order valence-corrected chi connectivity index (χ1v) is 6.52. The Morgan fingerprint density at radius 2 is 2.00 bits per heavy atom. The van der Waals surface area contributed by atoms with E-state index in [1.165, 1.54) is 0 Å². The molecule has 1 N–H and O–H groups in total. The zero-order valence-corrected chi connectivity index (χ0v) is 11.9.